The van der Waals surface area contributed by atoms with Crippen molar-refractivity contribution < 1.29 is 24.5 Å². The molecule has 3 unspecified atom stereocenters. The van der Waals surface area contributed by atoms with Crippen LogP contribution >= 0.6 is 0 Å². The fourth-order valence-corrected chi connectivity index (χ4v) is 6.47. The molecule has 0 aliphatic rings. The number of amides is 1. The largest absolute Gasteiger partial charge is 0.461 e. The molecule has 0 aliphatic heterocycles. The van der Waals surface area contributed by atoms with E-state index >= 15 is 0 Å². The van der Waals surface area contributed by atoms with Gasteiger partial charge in [0.2, 0.25) is 5.91 Å². The third-order valence-electron chi connectivity index (χ3n) is 10.0. The van der Waals surface area contributed by atoms with Crippen LogP contribution in [0.15, 0.2) is 85.1 Å². The minimum atomic E-state index is -0.816. The van der Waals surface area contributed by atoms with Gasteiger partial charge in [-0.25, -0.2) is 0 Å². The third kappa shape index (κ3) is 39.6. The van der Waals surface area contributed by atoms with Crippen molar-refractivity contribution in [3.8, 4) is 0 Å². The molecule has 0 aliphatic carbocycles. The zero-order valence-electron chi connectivity index (χ0n) is 36.9. The number of carbonyl (C=O) groups is 2. The van der Waals surface area contributed by atoms with Gasteiger partial charge >= 0.3 is 5.97 Å². The molecule has 0 fully saturated rings. The second-order valence-electron chi connectivity index (χ2n) is 15.5. The third-order valence-corrected chi connectivity index (χ3v) is 10.0. The Morgan fingerprint density at radius 1 is 0.561 bits per heavy atom. The van der Waals surface area contributed by atoms with Crippen LogP contribution < -0.4 is 5.32 Å². The van der Waals surface area contributed by atoms with Gasteiger partial charge in [0.1, 0.15) is 6.10 Å². The van der Waals surface area contributed by atoms with Gasteiger partial charge in [-0.15, -0.1) is 0 Å². The Hall–Kier alpha value is -2.96. The van der Waals surface area contributed by atoms with Crippen molar-refractivity contribution in [3.63, 3.8) is 0 Å². The number of allylic oxidation sites excluding steroid dienone is 13. The molecule has 3 atom stereocenters. The molecule has 0 radical (unpaired) electrons. The van der Waals surface area contributed by atoms with Crippen LogP contribution in [0.2, 0.25) is 0 Å². The molecule has 6 heteroatoms. The second kappa shape index (κ2) is 44.1. The summed E-state index contributed by atoms with van der Waals surface area (Å²) < 4.78 is 5.83. The normalized spacial score (nSPS) is 14.1. The Balaban J connectivity index is 4.81. The number of carbonyl (C=O) groups excluding carboxylic acids is 2. The maximum Gasteiger partial charge on any atom is 0.306 e. The van der Waals surface area contributed by atoms with Gasteiger partial charge in [0.15, 0.2) is 0 Å². The van der Waals surface area contributed by atoms with Gasteiger partial charge in [0, 0.05) is 12.8 Å². The van der Waals surface area contributed by atoms with Crippen LogP contribution in [-0.4, -0.2) is 46.9 Å². The van der Waals surface area contributed by atoms with E-state index in [2.05, 4.69) is 99.0 Å². The minimum Gasteiger partial charge on any atom is -0.461 e. The number of nitrogens with one attached hydrogen (secondary N) is 1. The minimum absolute atomic E-state index is 0.0111. The molecule has 0 saturated heterocycles. The van der Waals surface area contributed by atoms with E-state index in [1.165, 1.54) is 70.6 Å². The summed E-state index contributed by atoms with van der Waals surface area (Å²) in [6, 6.07) is -0.737. The lowest BCUT2D eigenvalue weighted by molar-refractivity contribution is -0.150. The van der Waals surface area contributed by atoms with Crippen molar-refractivity contribution in [2.45, 2.75) is 219 Å². The fraction of sp³-hybridized carbons (Fsp3) is 0.686. The lowest BCUT2D eigenvalue weighted by Crippen LogP contribution is -2.46. The lowest BCUT2D eigenvalue weighted by Gasteiger charge is -2.24. The van der Waals surface area contributed by atoms with Gasteiger partial charge in [-0.1, -0.05) is 202 Å². The van der Waals surface area contributed by atoms with E-state index in [-0.39, 0.29) is 24.9 Å². The maximum absolute atomic E-state index is 13.1. The Morgan fingerprint density at radius 2 is 1.05 bits per heavy atom. The van der Waals surface area contributed by atoms with Crippen LogP contribution in [0.1, 0.15) is 201 Å². The zero-order valence-corrected chi connectivity index (χ0v) is 36.9. The zero-order chi connectivity index (χ0) is 41.7. The highest BCUT2D eigenvalue weighted by Crippen LogP contribution is 2.15. The predicted molar refractivity (Wildman–Crippen MR) is 245 cm³/mol. The predicted octanol–water partition coefficient (Wildman–Crippen LogP) is 13.6. The average Bonchev–Trinajstić information content (AvgIpc) is 3.20. The molecule has 1 amide bonds. The van der Waals surface area contributed by atoms with Crippen molar-refractivity contribution in [1.82, 2.24) is 5.32 Å². The molecule has 0 spiro atoms. The van der Waals surface area contributed by atoms with E-state index in [0.29, 0.717) is 19.3 Å². The Bertz CT molecular complexity index is 1120. The molecule has 0 saturated carbocycles. The van der Waals surface area contributed by atoms with Crippen LogP contribution in [0.3, 0.4) is 0 Å². The van der Waals surface area contributed by atoms with E-state index in [9.17, 15) is 19.8 Å². The van der Waals surface area contributed by atoms with Crippen molar-refractivity contribution in [2.24, 2.45) is 0 Å². The van der Waals surface area contributed by atoms with Crippen LogP contribution in [0, 0.1) is 0 Å². The lowest BCUT2D eigenvalue weighted by atomic mass is 10.0. The molecule has 0 bridgehead atoms. The summed E-state index contributed by atoms with van der Waals surface area (Å²) in [6.45, 7) is 6.25. The molecule has 0 rings (SSSR count). The van der Waals surface area contributed by atoms with Crippen LogP contribution in [0.5, 0.6) is 0 Å². The Kier molecular flexibility index (Phi) is 41.9. The smallest absolute Gasteiger partial charge is 0.306 e. The van der Waals surface area contributed by atoms with E-state index < -0.39 is 18.2 Å². The first kappa shape index (κ1) is 54.0. The van der Waals surface area contributed by atoms with E-state index in [0.717, 1.165) is 83.5 Å². The molecule has 0 aromatic carbocycles. The fourth-order valence-electron chi connectivity index (χ4n) is 6.47. The first-order valence-electron chi connectivity index (χ1n) is 23.3. The summed E-state index contributed by atoms with van der Waals surface area (Å²) >= 11 is 0. The summed E-state index contributed by atoms with van der Waals surface area (Å²) in [5.41, 5.74) is 0. The van der Waals surface area contributed by atoms with Crippen LogP contribution in [0.4, 0.5) is 0 Å². The van der Waals surface area contributed by atoms with E-state index in [4.69, 9.17) is 4.74 Å². The van der Waals surface area contributed by atoms with Crippen molar-refractivity contribution in [1.29, 1.82) is 0 Å². The average molecular weight is 794 g/mol. The highest BCUT2D eigenvalue weighted by atomic mass is 16.5. The molecular formula is C51H87NO5. The van der Waals surface area contributed by atoms with Crippen molar-refractivity contribution in [3.05, 3.63) is 85.1 Å². The SMILES string of the molecule is CC/C=C/C=C/C=C\CCCCCCCC(=O)OC(C/C=C\C/C=C\C/C=C\C/C=C\CCCCC)CC(=O)NC(CO)C(O)CCCCCCCCCCCC. The number of aliphatic hydroxyl groups excluding tert-OH is 2. The number of aliphatic hydroxyl groups is 2. The number of hydrogen-bond acceptors (Lipinski definition) is 5. The summed E-state index contributed by atoms with van der Waals surface area (Å²) in [6.07, 6.45) is 56.5. The summed E-state index contributed by atoms with van der Waals surface area (Å²) in [4.78, 5) is 26.0. The highest BCUT2D eigenvalue weighted by molar-refractivity contribution is 5.77. The molecule has 6 nitrogen and oxygen atoms in total. The van der Waals surface area contributed by atoms with E-state index in [1.807, 2.05) is 12.2 Å². The standard InChI is InChI=1S/C51H87NO5/c1-4-7-10-13-16-19-22-24-25-27-28-30-33-36-39-42-47(57-51(56)44-41-38-35-32-29-26-23-20-17-14-11-8-5-2)45-50(55)52-48(46-53)49(54)43-40-37-34-31-21-18-15-12-9-6-3/h8,11,14,16-17,19-20,23-25,28,30,36,39,47-49,53-54H,4-7,9-10,12-13,15,18,21-22,26-27,29,31-35,37-38,40-46H2,1-3H3,(H,52,55)/b11-8+,17-14+,19-16-,23-20-,25-24-,30-28-,39-36-. The monoisotopic (exact) mass is 794 g/mol. The summed E-state index contributed by atoms with van der Waals surface area (Å²) in [5, 5.41) is 23.6. The van der Waals surface area contributed by atoms with Gasteiger partial charge in [-0.2, -0.15) is 0 Å². The van der Waals surface area contributed by atoms with E-state index in [1.54, 1.807) is 0 Å². The molecule has 3 N–H and O–H groups in total. The molecule has 57 heavy (non-hydrogen) atoms. The van der Waals surface area contributed by atoms with Gasteiger partial charge in [0.05, 0.1) is 25.2 Å². The molecule has 326 valence electrons. The summed E-state index contributed by atoms with van der Waals surface area (Å²) in [7, 11) is 0. The first-order valence-corrected chi connectivity index (χ1v) is 23.3. The Morgan fingerprint density at radius 3 is 1.67 bits per heavy atom. The van der Waals surface area contributed by atoms with Crippen LogP contribution in [-0.2, 0) is 14.3 Å². The number of unbranched alkanes of at least 4 members (excludes halogenated alkanes) is 17. The number of ether oxygens (including phenoxy) is 1. The van der Waals surface area contributed by atoms with Gasteiger partial charge in [-0.05, 0) is 64.2 Å². The first-order chi connectivity index (χ1) is 28.0. The van der Waals surface area contributed by atoms with Gasteiger partial charge < -0.3 is 20.3 Å². The second-order valence-corrected chi connectivity index (χ2v) is 15.5. The quantitative estimate of drug-likeness (QED) is 0.0248. The highest BCUT2D eigenvalue weighted by Gasteiger charge is 2.23. The van der Waals surface area contributed by atoms with Gasteiger partial charge in [-0.3, -0.25) is 9.59 Å². The molecule has 0 aromatic heterocycles. The topological polar surface area (TPSA) is 95.9 Å². The Labute approximate surface area is 351 Å². The van der Waals surface area contributed by atoms with Crippen molar-refractivity contribution in [2.75, 3.05) is 6.61 Å². The molecule has 0 heterocycles. The number of hydrogen-bond donors (Lipinski definition) is 3. The maximum atomic E-state index is 13.1. The summed E-state index contributed by atoms with van der Waals surface area (Å²) in [5.74, 6) is -0.609. The molecule has 0 aromatic rings. The van der Waals surface area contributed by atoms with Crippen molar-refractivity contribution >= 4 is 11.9 Å². The number of rotatable bonds is 40. The molecular weight excluding hydrogens is 707 g/mol. The van der Waals surface area contributed by atoms with Crippen LogP contribution in [0.25, 0.3) is 0 Å². The number of esters is 1. The van der Waals surface area contributed by atoms with Gasteiger partial charge in [0.25, 0.3) is 0 Å².